The third-order valence-electron chi connectivity index (χ3n) is 8.75. The molecule has 0 aliphatic carbocycles. The van der Waals surface area contributed by atoms with Crippen LogP contribution in [0.3, 0.4) is 0 Å². The summed E-state index contributed by atoms with van der Waals surface area (Å²) in [4.78, 5) is 11.4. The number of nitrogens with one attached hydrogen (secondary N) is 1. The largest absolute Gasteiger partial charge is 0.394 e. The molecule has 4 nitrogen and oxygen atoms in total. The topological polar surface area (TPSA) is 69.6 Å². The zero-order chi connectivity index (χ0) is 31.5. The Morgan fingerprint density at radius 3 is 1.26 bits per heavy atom. The standard InChI is InChI=1S/C39H75NO3/c1-3-5-6-7-8-9-10-11-12-13-14-15-16-17-18-19-20-21-22-23-24-25-26-27-28-29-30-31-32-33-34-35-38(42)37(36-41)40-39(43)4-2/h30-31,34-35,37-38,41-42H,3-29,32-33,36H2,1-2H3,(H,40,43)/b31-30+,35-34+. The summed E-state index contributed by atoms with van der Waals surface area (Å²) in [6.07, 6.45) is 46.4. The first-order valence-corrected chi connectivity index (χ1v) is 19.1. The van der Waals surface area contributed by atoms with Gasteiger partial charge in [-0.2, -0.15) is 0 Å². The summed E-state index contributed by atoms with van der Waals surface area (Å²) >= 11 is 0. The Labute approximate surface area is 269 Å². The number of unbranched alkanes of at least 4 members (excludes halogenated alkanes) is 26. The van der Waals surface area contributed by atoms with E-state index in [1.165, 1.54) is 161 Å². The van der Waals surface area contributed by atoms with Gasteiger partial charge >= 0.3 is 0 Å². The summed E-state index contributed by atoms with van der Waals surface area (Å²) in [5, 5.41) is 22.1. The SMILES string of the molecule is CCCCCCCCCCCCCCCCCCCCCCCCCCC/C=C/CC/C=C/C(O)C(CO)NC(=O)CC. The molecule has 0 aliphatic rings. The van der Waals surface area contributed by atoms with Crippen molar-refractivity contribution in [2.24, 2.45) is 0 Å². The van der Waals surface area contributed by atoms with Crippen LogP contribution >= 0.6 is 0 Å². The molecule has 0 aliphatic heterocycles. The number of hydrogen-bond donors (Lipinski definition) is 3. The zero-order valence-electron chi connectivity index (χ0n) is 29.0. The normalized spacial score (nSPS) is 13.3. The number of aliphatic hydroxyl groups is 2. The van der Waals surface area contributed by atoms with E-state index in [4.69, 9.17) is 0 Å². The van der Waals surface area contributed by atoms with Gasteiger partial charge in [-0.25, -0.2) is 0 Å². The maximum Gasteiger partial charge on any atom is 0.220 e. The molecule has 254 valence electrons. The molecule has 4 heteroatoms. The highest BCUT2D eigenvalue weighted by molar-refractivity contribution is 5.75. The van der Waals surface area contributed by atoms with Gasteiger partial charge in [0.25, 0.3) is 0 Å². The summed E-state index contributed by atoms with van der Waals surface area (Å²) in [5.74, 6) is -0.162. The van der Waals surface area contributed by atoms with E-state index in [-0.39, 0.29) is 12.5 Å². The number of rotatable bonds is 34. The lowest BCUT2D eigenvalue weighted by Crippen LogP contribution is -2.44. The lowest BCUT2D eigenvalue weighted by Gasteiger charge is -2.19. The fourth-order valence-electron chi connectivity index (χ4n) is 5.75. The quantitative estimate of drug-likeness (QED) is 0.0505. The average Bonchev–Trinajstić information content (AvgIpc) is 3.02. The van der Waals surface area contributed by atoms with Gasteiger partial charge in [0.15, 0.2) is 0 Å². The fourth-order valence-corrected chi connectivity index (χ4v) is 5.75. The third-order valence-corrected chi connectivity index (χ3v) is 8.75. The van der Waals surface area contributed by atoms with Crippen molar-refractivity contribution in [2.75, 3.05) is 6.61 Å². The van der Waals surface area contributed by atoms with Crippen LogP contribution in [0.2, 0.25) is 0 Å². The molecule has 43 heavy (non-hydrogen) atoms. The van der Waals surface area contributed by atoms with Crippen molar-refractivity contribution >= 4 is 5.91 Å². The molecule has 0 saturated carbocycles. The van der Waals surface area contributed by atoms with Crippen molar-refractivity contribution in [3.63, 3.8) is 0 Å². The van der Waals surface area contributed by atoms with Crippen LogP contribution < -0.4 is 5.32 Å². The van der Waals surface area contributed by atoms with E-state index in [1.807, 2.05) is 6.08 Å². The second-order valence-electron chi connectivity index (χ2n) is 13.0. The van der Waals surface area contributed by atoms with Gasteiger partial charge < -0.3 is 15.5 Å². The van der Waals surface area contributed by atoms with Crippen molar-refractivity contribution in [1.82, 2.24) is 5.32 Å². The van der Waals surface area contributed by atoms with Crippen LogP contribution in [0.15, 0.2) is 24.3 Å². The maximum atomic E-state index is 11.4. The molecule has 0 aromatic rings. The number of allylic oxidation sites excluding steroid dienone is 3. The summed E-state index contributed by atoms with van der Waals surface area (Å²) < 4.78 is 0. The Morgan fingerprint density at radius 2 is 0.884 bits per heavy atom. The molecule has 3 N–H and O–H groups in total. The number of amides is 1. The van der Waals surface area contributed by atoms with E-state index in [0.717, 1.165) is 19.3 Å². The molecule has 0 bridgehead atoms. The molecule has 2 atom stereocenters. The van der Waals surface area contributed by atoms with E-state index in [9.17, 15) is 15.0 Å². The minimum Gasteiger partial charge on any atom is -0.394 e. The van der Waals surface area contributed by atoms with Crippen LogP contribution in [0.1, 0.15) is 200 Å². The fraction of sp³-hybridized carbons (Fsp3) is 0.872. The summed E-state index contributed by atoms with van der Waals surface area (Å²) in [6, 6.07) is -0.632. The van der Waals surface area contributed by atoms with Crippen LogP contribution in [-0.2, 0) is 4.79 Å². The summed E-state index contributed by atoms with van der Waals surface area (Å²) in [5.41, 5.74) is 0. The van der Waals surface area contributed by atoms with E-state index in [1.54, 1.807) is 13.0 Å². The molecule has 0 aromatic heterocycles. The smallest absolute Gasteiger partial charge is 0.220 e. The van der Waals surface area contributed by atoms with Gasteiger partial charge in [-0.05, 0) is 25.7 Å². The van der Waals surface area contributed by atoms with E-state index < -0.39 is 12.1 Å². The molecule has 0 saturated heterocycles. The second kappa shape index (κ2) is 35.4. The van der Waals surface area contributed by atoms with Gasteiger partial charge in [0.2, 0.25) is 5.91 Å². The Hall–Kier alpha value is -1.13. The average molecular weight is 606 g/mol. The molecule has 0 rings (SSSR count). The van der Waals surface area contributed by atoms with Crippen LogP contribution in [0.5, 0.6) is 0 Å². The molecule has 0 radical (unpaired) electrons. The minimum absolute atomic E-state index is 0.162. The predicted molar refractivity (Wildman–Crippen MR) is 189 cm³/mol. The zero-order valence-corrected chi connectivity index (χ0v) is 29.0. The van der Waals surface area contributed by atoms with Crippen molar-refractivity contribution in [3.05, 3.63) is 24.3 Å². The van der Waals surface area contributed by atoms with E-state index >= 15 is 0 Å². The molecule has 0 fully saturated rings. The Kier molecular flexibility index (Phi) is 34.4. The molecule has 0 aromatic carbocycles. The number of carbonyl (C=O) groups excluding carboxylic acids is 1. The van der Waals surface area contributed by atoms with Crippen molar-refractivity contribution in [3.8, 4) is 0 Å². The first-order valence-electron chi connectivity index (χ1n) is 19.1. The van der Waals surface area contributed by atoms with Crippen molar-refractivity contribution in [1.29, 1.82) is 0 Å². The lowest BCUT2D eigenvalue weighted by atomic mass is 10.0. The van der Waals surface area contributed by atoms with Gasteiger partial charge in [0.1, 0.15) is 0 Å². The predicted octanol–water partition coefficient (Wildman–Crippen LogP) is 11.3. The maximum absolute atomic E-state index is 11.4. The van der Waals surface area contributed by atoms with E-state index in [2.05, 4.69) is 24.4 Å². The Morgan fingerprint density at radius 1 is 0.535 bits per heavy atom. The third kappa shape index (κ3) is 32.1. The van der Waals surface area contributed by atoms with Gasteiger partial charge in [-0.1, -0.05) is 192 Å². The van der Waals surface area contributed by atoms with Crippen LogP contribution in [0.25, 0.3) is 0 Å². The highest BCUT2D eigenvalue weighted by atomic mass is 16.3. The highest BCUT2D eigenvalue weighted by Crippen LogP contribution is 2.16. The molecular weight excluding hydrogens is 530 g/mol. The molecule has 0 heterocycles. The van der Waals surface area contributed by atoms with Gasteiger partial charge in [0.05, 0.1) is 18.8 Å². The van der Waals surface area contributed by atoms with Crippen LogP contribution in [-0.4, -0.2) is 34.9 Å². The van der Waals surface area contributed by atoms with Crippen LogP contribution in [0, 0.1) is 0 Å². The monoisotopic (exact) mass is 606 g/mol. The molecule has 2 unspecified atom stereocenters. The lowest BCUT2D eigenvalue weighted by molar-refractivity contribution is -0.122. The first kappa shape index (κ1) is 41.9. The number of carbonyl (C=O) groups is 1. The van der Waals surface area contributed by atoms with E-state index in [0.29, 0.717) is 6.42 Å². The molecule has 0 spiro atoms. The van der Waals surface area contributed by atoms with Gasteiger partial charge in [-0.15, -0.1) is 0 Å². The molecule has 1 amide bonds. The van der Waals surface area contributed by atoms with Crippen LogP contribution in [0.4, 0.5) is 0 Å². The highest BCUT2D eigenvalue weighted by Gasteiger charge is 2.17. The summed E-state index contributed by atoms with van der Waals surface area (Å²) in [6.45, 7) is 3.78. The van der Waals surface area contributed by atoms with Gasteiger partial charge in [-0.3, -0.25) is 4.79 Å². The van der Waals surface area contributed by atoms with Crippen molar-refractivity contribution in [2.45, 2.75) is 212 Å². The number of hydrogen-bond acceptors (Lipinski definition) is 3. The molecular formula is C39H75NO3. The minimum atomic E-state index is -0.854. The number of aliphatic hydroxyl groups excluding tert-OH is 2. The first-order chi connectivity index (χ1) is 21.2. The Bertz CT molecular complexity index is 618. The summed E-state index contributed by atoms with van der Waals surface area (Å²) in [7, 11) is 0. The second-order valence-corrected chi connectivity index (χ2v) is 13.0. The van der Waals surface area contributed by atoms with Gasteiger partial charge in [0, 0.05) is 6.42 Å². The van der Waals surface area contributed by atoms with Crippen molar-refractivity contribution < 1.29 is 15.0 Å². The Balaban J connectivity index is 3.29.